The van der Waals surface area contributed by atoms with Gasteiger partial charge >= 0.3 is 0 Å². The van der Waals surface area contributed by atoms with Gasteiger partial charge in [-0.3, -0.25) is 0 Å². The molecule has 0 amide bonds. The fourth-order valence-electron chi connectivity index (χ4n) is 8.60. The summed E-state index contributed by atoms with van der Waals surface area (Å²) in [6.07, 6.45) is 0. The lowest BCUT2D eigenvalue weighted by atomic mass is 9.82. The van der Waals surface area contributed by atoms with Crippen LogP contribution in [0.3, 0.4) is 0 Å². The quantitative estimate of drug-likeness (QED) is 0.171. The normalized spacial score (nSPS) is 13.0. The summed E-state index contributed by atoms with van der Waals surface area (Å²) in [5, 5.41) is 2.06. The average molecular weight is 721 g/mol. The van der Waals surface area contributed by atoms with E-state index in [4.69, 9.17) is 13.8 Å². The number of furan rings is 1. The third kappa shape index (κ3) is 5.18. The number of oxazole rings is 1. The molecule has 0 fully saturated rings. The summed E-state index contributed by atoms with van der Waals surface area (Å²) in [5.74, 6) is 0.608. The highest BCUT2D eigenvalue weighted by Gasteiger charge is 2.35. The summed E-state index contributed by atoms with van der Waals surface area (Å²) in [7, 11) is 0. The van der Waals surface area contributed by atoms with Gasteiger partial charge in [0.15, 0.2) is 5.58 Å². The minimum atomic E-state index is -0.102. The van der Waals surface area contributed by atoms with E-state index in [1.165, 1.54) is 33.4 Å². The van der Waals surface area contributed by atoms with Gasteiger partial charge < -0.3 is 13.7 Å². The molecule has 1 aliphatic rings. The Kier molecular flexibility index (Phi) is 7.17. The zero-order valence-corrected chi connectivity index (χ0v) is 31.0. The van der Waals surface area contributed by atoms with Crippen LogP contribution in [0.25, 0.3) is 77.9 Å². The molecule has 0 saturated heterocycles. The fourth-order valence-corrected chi connectivity index (χ4v) is 8.60. The molecule has 266 valence electrons. The molecule has 4 nitrogen and oxygen atoms in total. The van der Waals surface area contributed by atoms with Crippen molar-refractivity contribution in [2.24, 2.45) is 0 Å². The molecule has 0 radical (unpaired) electrons. The van der Waals surface area contributed by atoms with Crippen molar-refractivity contribution in [3.05, 3.63) is 193 Å². The molecule has 0 N–H and O–H groups in total. The van der Waals surface area contributed by atoms with Crippen molar-refractivity contribution in [2.45, 2.75) is 19.3 Å². The first kappa shape index (κ1) is 32.3. The summed E-state index contributed by atoms with van der Waals surface area (Å²) in [6, 6.07) is 64.5. The topological polar surface area (TPSA) is 42.4 Å². The maximum atomic E-state index is 6.44. The molecule has 0 spiro atoms. The fraction of sp³-hybridized carbons (Fsp3) is 0.0577. The number of anilines is 3. The first-order valence-electron chi connectivity index (χ1n) is 19.1. The lowest BCUT2D eigenvalue weighted by Crippen LogP contribution is -2.16. The van der Waals surface area contributed by atoms with Crippen molar-refractivity contribution in [3.63, 3.8) is 0 Å². The number of aromatic nitrogens is 1. The molecule has 11 rings (SSSR count). The van der Waals surface area contributed by atoms with Gasteiger partial charge in [-0.2, -0.15) is 0 Å². The Morgan fingerprint density at radius 3 is 1.71 bits per heavy atom. The third-order valence-corrected chi connectivity index (χ3v) is 11.5. The molecule has 4 heteroatoms. The van der Waals surface area contributed by atoms with Crippen molar-refractivity contribution in [1.82, 2.24) is 4.98 Å². The lowest BCUT2D eigenvalue weighted by molar-refractivity contribution is 0.620. The molecule has 0 saturated carbocycles. The Balaban J connectivity index is 0.961. The first-order chi connectivity index (χ1) is 27.5. The van der Waals surface area contributed by atoms with Gasteiger partial charge in [-0.1, -0.05) is 123 Å². The van der Waals surface area contributed by atoms with Crippen LogP contribution in [0.4, 0.5) is 17.1 Å². The van der Waals surface area contributed by atoms with Crippen LogP contribution < -0.4 is 4.90 Å². The second kappa shape index (κ2) is 12.4. The number of nitrogens with zero attached hydrogens (tertiary/aromatic N) is 2. The van der Waals surface area contributed by atoms with Crippen LogP contribution in [-0.2, 0) is 5.41 Å². The zero-order valence-electron chi connectivity index (χ0n) is 31.0. The van der Waals surface area contributed by atoms with Crippen molar-refractivity contribution in [3.8, 4) is 44.8 Å². The standard InChI is InChI=1S/C52H36N2O2/c1-52(2)45-16-10-9-15-41(45)42-28-26-40(30-46(42)52)54(38-22-17-34(18-23-38)33-11-5-3-6-12-33)39-24-19-35(20-25-39)37-21-27-43-44-31-50-47(32-49(44)55-48(43)29-37)53-51(56-50)36-13-7-4-8-14-36/h3-32H,1-2H3. The average Bonchev–Trinajstić information content (AvgIpc) is 3.90. The van der Waals surface area contributed by atoms with E-state index in [0.29, 0.717) is 5.89 Å². The smallest absolute Gasteiger partial charge is 0.227 e. The molecule has 0 bridgehead atoms. The number of hydrogen-bond donors (Lipinski definition) is 0. The Morgan fingerprint density at radius 2 is 0.982 bits per heavy atom. The monoisotopic (exact) mass is 720 g/mol. The summed E-state index contributed by atoms with van der Waals surface area (Å²) < 4.78 is 12.6. The SMILES string of the molecule is CC1(C)c2ccccc2-c2ccc(N(c3ccc(-c4ccccc4)cc3)c3ccc(-c4ccc5c(c4)oc4cc6nc(-c7ccccc7)oc6cc45)cc3)cc21. The molecule has 0 atom stereocenters. The van der Waals surface area contributed by atoms with E-state index in [1.54, 1.807) is 0 Å². The molecule has 0 unspecified atom stereocenters. The van der Waals surface area contributed by atoms with Gasteiger partial charge in [0.05, 0.1) is 0 Å². The molecule has 0 aliphatic heterocycles. The van der Waals surface area contributed by atoms with Crippen molar-refractivity contribution >= 4 is 50.1 Å². The van der Waals surface area contributed by atoms with Crippen molar-refractivity contribution < 1.29 is 8.83 Å². The van der Waals surface area contributed by atoms with Crippen molar-refractivity contribution in [2.75, 3.05) is 4.90 Å². The highest BCUT2D eigenvalue weighted by Crippen LogP contribution is 2.50. The summed E-state index contributed by atoms with van der Waals surface area (Å²) in [5.41, 5.74) is 17.3. The minimum Gasteiger partial charge on any atom is -0.456 e. The maximum absolute atomic E-state index is 6.44. The Hall–Kier alpha value is -7.17. The van der Waals surface area contributed by atoms with Gasteiger partial charge in [-0.05, 0) is 111 Å². The van der Waals surface area contributed by atoms with Crippen LogP contribution in [0.1, 0.15) is 25.0 Å². The minimum absolute atomic E-state index is 0.102. The highest BCUT2D eigenvalue weighted by molar-refractivity contribution is 6.09. The molecular weight excluding hydrogens is 685 g/mol. The largest absolute Gasteiger partial charge is 0.456 e. The molecular formula is C52H36N2O2. The molecule has 2 aromatic heterocycles. The summed E-state index contributed by atoms with van der Waals surface area (Å²) in [6.45, 7) is 4.68. The van der Waals surface area contributed by atoms with E-state index in [1.807, 2.05) is 42.5 Å². The highest BCUT2D eigenvalue weighted by atomic mass is 16.4. The van der Waals surface area contributed by atoms with E-state index >= 15 is 0 Å². The van der Waals surface area contributed by atoms with Crippen LogP contribution in [0, 0.1) is 0 Å². The van der Waals surface area contributed by atoms with Gasteiger partial charge in [0.1, 0.15) is 16.7 Å². The Bertz CT molecular complexity index is 3080. The molecule has 56 heavy (non-hydrogen) atoms. The van der Waals surface area contributed by atoms with Crippen LogP contribution in [0.15, 0.2) is 191 Å². The maximum Gasteiger partial charge on any atom is 0.227 e. The Labute approximate surface area is 324 Å². The number of hydrogen-bond acceptors (Lipinski definition) is 4. The second-order valence-corrected chi connectivity index (χ2v) is 15.2. The number of benzene rings is 8. The molecule has 1 aliphatic carbocycles. The van der Waals surface area contributed by atoms with E-state index in [0.717, 1.165) is 66.8 Å². The summed E-state index contributed by atoms with van der Waals surface area (Å²) in [4.78, 5) is 7.12. The van der Waals surface area contributed by atoms with E-state index < -0.39 is 0 Å². The van der Waals surface area contributed by atoms with Crippen molar-refractivity contribution in [1.29, 1.82) is 0 Å². The van der Waals surface area contributed by atoms with Gasteiger partial charge in [0.25, 0.3) is 0 Å². The van der Waals surface area contributed by atoms with Crippen LogP contribution in [0.2, 0.25) is 0 Å². The van der Waals surface area contributed by atoms with Gasteiger partial charge in [0, 0.05) is 44.9 Å². The lowest BCUT2D eigenvalue weighted by Gasteiger charge is -2.28. The predicted octanol–water partition coefficient (Wildman–Crippen LogP) is 14.5. The molecule has 8 aromatic carbocycles. The molecule has 2 heterocycles. The first-order valence-corrected chi connectivity index (χ1v) is 19.1. The Morgan fingerprint density at radius 1 is 0.411 bits per heavy atom. The van der Waals surface area contributed by atoms with E-state index in [2.05, 4.69) is 158 Å². The van der Waals surface area contributed by atoms with E-state index in [9.17, 15) is 0 Å². The second-order valence-electron chi connectivity index (χ2n) is 15.2. The zero-order chi connectivity index (χ0) is 37.4. The number of rotatable bonds is 6. The molecule has 10 aromatic rings. The van der Waals surface area contributed by atoms with Crippen LogP contribution in [0.5, 0.6) is 0 Å². The van der Waals surface area contributed by atoms with Crippen LogP contribution >= 0.6 is 0 Å². The number of fused-ring (bicyclic) bond motifs is 7. The third-order valence-electron chi connectivity index (χ3n) is 11.5. The predicted molar refractivity (Wildman–Crippen MR) is 230 cm³/mol. The van der Waals surface area contributed by atoms with Gasteiger partial charge in [0.2, 0.25) is 5.89 Å². The van der Waals surface area contributed by atoms with Crippen LogP contribution in [-0.4, -0.2) is 4.98 Å². The van der Waals surface area contributed by atoms with Gasteiger partial charge in [-0.25, -0.2) is 4.98 Å². The van der Waals surface area contributed by atoms with Gasteiger partial charge in [-0.15, -0.1) is 0 Å². The van der Waals surface area contributed by atoms with E-state index in [-0.39, 0.29) is 5.41 Å². The summed E-state index contributed by atoms with van der Waals surface area (Å²) >= 11 is 0.